The van der Waals surface area contributed by atoms with Crippen molar-refractivity contribution in [2.24, 2.45) is 11.8 Å². The summed E-state index contributed by atoms with van der Waals surface area (Å²) < 4.78 is 1.17. The lowest BCUT2D eigenvalue weighted by molar-refractivity contribution is 0.315. The third-order valence-electron chi connectivity index (χ3n) is 4.39. The van der Waals surface area contributed by atoms with E-state index in [-0.39, 0.29) is 6.04 Å². The second-order valence-electron chi connectivity index (χ2n) is 5.81. The van der Waals surface area contributed by atoms with Gasteiger partial charge in [-0.05, 0) is 42.9 Å². The maximum atomic E-state index is 5.74. The van der Waals surface area contributed by atoms with Crippen LogP contribution in [0.4, 0.5) is 0 Å². The topological polar surface area (TPSA) is 38.0 Å². The number of benzene rings is 1. The summed E-state index contributed by atoms with van der Waals surface area (Å²) in [6, 6.07) is 6.81. The van der Waals surface area contributed by atoms with Gasteiger partial charge in [-0.15, -0.1) is 0 Å². The average Bonchev–Trinajstić information content (AvgIpc) is 2.44. The summed E-state index contributed by atoms with van der Waals surface area (Å²) in [6.07, 6.45) is 9.52. The molecule has 1 unspecified atom stereocenters. The lowest BCUT2D eigenvalue weighted by Gasteiger charge is -2.24. The normalized spacial score (nSPS) is 18.5. The molecule has 3 heteroatoms. The van der Waals surface area contributed by atoms with Gasteiger partial charge in [-0.25, -0.2) is 0 Å². The molecule has 0 aromatic heterocycles. The van der Waals surface area contributed by atoms with Crippen LogP contribution in [-0.2, 0) is 0 Å². The van der Waals surface area contributed by atoms with Gasteiger partial charge in [-0.2, -0.15) is 0 Å². The summed E-state index contributed by atoms with van der Waals surface area (Å²) in [5.74, 6) is 6.66. The highest BCUT2D eigenvalue weighted by Gasteiger charge is 2.17. The van der Waals surface area contributed by atoms with E-state index in [4.69, 9.17) is 5.84 Å². The molecule has 3 N–H and O–H groups in total. The van der Waals surface area contributed by atoms with Gasteiger partial charge >= 0.3 is 0 Å². The fourth-order valence-corrected chi connectivity index (χ4v) is 3.45. The first-order chi connectivity index (χ1) is 9.20. The van der Waals surface area contributed by atoms with E-state index in [0.29, 0.717) is 0 Å². The number of rotatable bonds is 5. The number of hydrazine groups is 1. The van der Waals surface area contributed by atoms with Crippen molar-refractivity contribution in [3.05, 3.63) is 33.8 Å². The molecule has 0 saturated heterocycles. The van der Waals surface area contributed by atoms with Crippen LogP contribution in [0.25, 0.3) is 0 Å². The van der Waals surface area contributed by atoms with Crippen LogP contribution in [0.1, 0.15) is 62.1 Å². The minimum absolute atomic E-state index is 0.277. The number of aryl methyl sites for hydroxylation is 1. The third-order valence-corrected chi connectivity index (χ3v) is 5.24. The molecule has 2 nitrogen and oxygen atoms in total. The Labute approximate surface area is 125 Å². The summed E-state index contributed by atoms with van der Waals surface area (Å²) >= 11 is 3.60. The number of hydrogen-bond acceptors (Lipinski definition) is 2. The van der Waals surface area contributed by atoms with E-state index in [0.717, 1.165) is 12.3 Å². The Kier molecular flexibility index (Phi) is 5.86. The van der Waals surface area contributed by atoms with Gasteiger partial charge in [0, 0.05) is 10.5 Å². The van der Waals surface area contributed by atoms with E-state index in [1.807, 2.05) is 0 Å². The Morgan fingerprint density at radius 2 is 2.05 bits per heavy atom. The van der Waals surface area contributed by atoms with E-state index >= 15 is 0 Å². The van der Waals surface area contributed by atoms with E-state index in [9.17, 15) is 0 Å². The molecule has 19 heavy (non-hydrogen) atoms. The largest absolute Gasteiger partial charge is 0.271 e. The quantitative estimate of drug-likeness (QED) is 0.612. The first kappa shape index (κ1) is 15.0. The van der Waals surface area contributed by atoms with Gasteiger partial charge in [0.25, 0.3) is 0 Å². The maximum Gasteiger partial charge on any atom is 0.0460 e. The highest BCUT2D eigenvalue weighted by atomic mass is 79.9. The molecule has 106 valence electrons. The number of halogens is 1. The van der Waals surface area contributed by atoms with Gasteiger partial charge in [-0.3, -0.25) is 11.3 Å². The zero-order chi connectivity index (χ0) is 13.7. The standard InChI is InChI=1S/C16H25BrN2/c1-12-7-9-14(11-15(12)17)16(19-18)10-8-13-5-3-2-4-6-13/h7,9,11,13,16,19H,2-6,8,10,18H2,1H3. The molecule has 0 amide bonds. The predicted molar refractivity (Wildman–Crippen MR) is 84.8 cm³/mol. The van der Waals surface area contributed by atoms with Crippen LogP contribution < -0.4 is 11.3 Å². The lowest BCUT2D eigenvalue weighted by Crippen LogP contribution is -2.28. The first-order valence-electron chi connectivity index (χ1n) is 7.43. The second kappa shape index (κ2) is 7.41. The van der Waals surface area contributed by atoms with Crippen molar-refractivity contribution in [2.75, 3.05) is 0 Å². The Bertz CT molecular complexity index is 400. The van der Waals surface area contributed by atoms with Crippen LogP contribution in [0, 0.1) is 12.8 Å². The zero-order valence-electron chi connectivity index (χ0n) is 11.8. The number of nitrogens with one attached hydrogen (secondary N) is 1. The molecule has 0 radical (unpaired) electrons. The van der Waals surface area contributed by atoms with Gasteiger partial charge in [0.2, 0.25) is 0 Å². The summed E-state index contributed by atoms with van der Waals surface area (Å²) in [4.78, 5) is 0. The molecule has 1 atom stereocenters. The lowest BCUT2D eigenvalue weighted by atomic mass is 9.84. The van der Waals surface area contributed by atoms with Crippen molar-refractivity contribution in [1.82, 2.24) is 5.43 Å². The summed E-state index contributed by atoms with van der Waals surface area (Å²) in [5, 5.41) is 0. The first-order valence-corrected chi connectivity index (χ1v) is 8.22. The van der Waals surface area contributed by atoms with Gasteiger partial charge in [0.05, 0.1) is 0 Å². The molecule has 0 spiro atoms. The molecule has 0 bridgehead atoms. The maximum absolute atomic E-state index is 5.74. The van der Waals surface area contributed by atoms with Gasteiger partial charge in [0.1, 0.15) is 0 Å². The smallest absolute Gasteiger partial charge is 0.0460 e. The fraction of sp³-hybridized carbons (Fsp3) is 0.625. The Hall–Kier alpha value is -0.380. The van der Waals surface area contributed by atoms with Crippen LogP contribution in [0.3, 0.4) is 0 Å². The number of hydrogen-bond donors (Lipinski definition) is 2. The van der Waals surface area contributed by atoms with Crippen molar-refractivity contribution in [3.8, 4) is 0 Å². The second-order valence-corrected chi connectivity index (χ2v) is 6.66. The Morgan fingerprint density at radius 1 is 1.32 bits per heavy atom. The SMILES string of the molecule is Cc1ccc(C(CCC2CCCCC2)NN)cc1Br. The average molecular weight is 325 g/mol. The van der Waals surface area contributed by atoms with Crippen LogP contribution in [0.5, 0.6) is 0 Å². The minimum atomic E-state index is 0.277. The van der Waals surface area contributed by atoms with E-state index < -0.39 is 0 Å². The summed E-state index contributed by atoms with van der Waals surface area (Å²) in [6.45, 7) is 2.11. The molecule has 2 rings (SSSR count). The monoisotopic (exact) mass is 324 g/mol. The van der Waals surface area contributed by atoms with E-state index in [1.165, 1.54) is 54.1 Å². The minimum Gasteiger partial charge on any atom is -0.271 e. The summed E-state index contributed by atoms with van der Waals surface area (Å²) in [5.41, 5.74) is 5.54. The van der Waals surface area contributed by atoms with Crippen molar-refractivity contribution in [3.63, 3.8) is 0 Å². The van der Waals surface area contributed by atoms with E-state index in [1.54, 1.807) is 0 Å². The molecule has 1 aliphatic carbocycles. The van der Waals surface area contributed by atoms with E-state index in [2.05, 4.69) is 46.5 Å². The van der Waals surface area contributed by atoms with Crippen LogP contribution in [-0.4, -0.2) is 0 Å². The predicted octanol–water partition coefficient (Wildman–Crippen LogP) is 4.62. The fourth-order valence-electron chi connectivity index (χ4n) is 3.05. The van der Waals surface area contributed by atoms with Crippen LogP contribution in [0.2, 0.25) is 0 Å². The molecule has 1 fully saturated rings. The molecule has 0 heterocycles. The van der Waals surface area contributed by atoms with Crippen molar-refractivity contribution in [1.29, 1.82) is 0 Å². The molecular formula is C16H25BrN2. The molecular weight excluding hydrogens is 300 g/mol. The molecule has 1 saturated carbocycles. The molecule has 1 aliphatic rings. The van der Waals surface area contributed by atoms with Gasteiger partial charge < -0.3 is 0 Å². The van der Waals surface area contributed by atoms with Crippen molar-refractivity contribution >= 4 is 15.9 Å². The highest BCUT2D eigenvalue weighted by Crippen LogP contribution is 2.31. The van der Waals surface area contributed by atoms with Gasteiger partial charge in [-0.1, -0.05) is 60.2 Å². The van der Waals surface area contributed by atoms with Crippen LogP contribution >= 0.6 is 15.9 Å². The van der Waals surface area contributed by atoms with Crippen molar-refractivity contribution in [2.45, 2.75) is 57.9 Å². The highest BCUT2D eigenvalue weighted by molar-refractivity contribution is 9.10. The zero-order valence-corrected chi connectivity index (χ0v) is 13.4. The number of nitrogens with two attached hydrogens (primary N) is 1. The molecule has 1 aromatic rings. The third kappa shape index (κ3) is 4.30. The van der Waals surface area contributed by atoms with Gasteiger partial charge in [0.15, 0.2) is 0 Å². The molecule has 1 aromatic carbocycles. The molecule has 0 aliphatic heterocycles. The summed E-state index contributed by atoms with van der Waals surface area (Å²) in [7, 11) is 0. The van der Waals surface area contributed by atoms with Crippen molar-refractivity contribution < 1.29 is 0 Å². The Balaban J connectivity index is 1.93. The Morgan fingerprint density at radius 3 is 2.68 bits per heavy atom. The van der Waals surface area contributed by atoms with Crippen LogP contribution in [0.15, 0.2) is 22.7 Å².